The summed E-state index contributed by atoms with van der Waals surface area (Å²) in [7, 11) is 0. The highest BCUT2D eigenvalue weighted by atomic mass is 16.5. The topological polar surface area (TPSA) is 56.1 Å². The molecule has 1 aromatic heterocycles. The second kappa shape index (κ2) is 8.15. The van der Waals surface area contributed by atoms with E-state index < -0.39 is 6.10 Å². The molecular formula is C20H21N3O2. The third-order valence-electron chi connectivity index (χ3n) is 3.79. The molecule has 1 amide bonds. The van der Waals surface area contributed by atoms with Gasteiger partial charge in [-0.05, 0) is 43.2 Å². The van der Waals surface area contributed by atoms with Gasteiger partial charge in [0, 0.05) is 12.7 Å². The van der Waals surface area contributed by atoms with E-state index in [0.717, 1.165) is 17.7 Å². The lowest BCUT2D eigenvalue weighted by Crippen LogP contribution is -2.37. The van der Waals surface area contributed by atoms with Crippen LogP contribution in [0.1, 0.15) is 12.5 Å². The van der Waals surface area contributed by atoms with E-state index in [1.165, 1.54) is 0 Å². The highest BCUT2D eigenvalue weighted by molar-refractivity contribution is 5.80. The molecule has 0 aliphatic rings. The van der Waals surface area contributed by atoms with Gasteiger partial charge in [0.1, 0.15) is 5.75 Å². The van der Waals surface area contributed by atoms with Gasteiger partial charge in [0.25, 0.3) is 5.91 Å². The quantitative estimate of drug-likeness (QED) is 0.722. The van der Waals surface area contributed by atoms with Gasteiger partial charge in [-0.1, -0.05) is 36.4 Å². The molecule has 1 heterocycles. The Kier molecular flexibility index (Phi) is 5.46. The van der Waals surface area contributed by atoms with Crippen LogP contribution in [0.15, 0.2) is 73.1 Å². The van der Waals surface area contributed by atoms with E-state index in [4.69, 9.17) is 4.74 Å². The van der Waals surface area contributed by atoms with Crippen LogP contribution >= 0.6 is 0 Å². The van der Waals surface area contributed by atoms with Gasteiger partial charge in [0.05, 0.1) is 11.9 Å². The average Bonchev–Trinajstić information content (AvgIpc) is 3.12. The predicted molar refractivity (Wildman–Crippen MR) is 96.8 cm³/mol. The van der Waals surface area contributed by atoms with Crippen LogP contribution in [-0.2, 0) is 11.2 Å². The Balaban J connectivity index is 1.46. The maximum absolute atomic E-state index is 12.1. The third kappa shape index (κ3) is 4.70. The molecule has 0 saturated heterocycles. The predicted octanol–water partition coefficient (Wildman–Crippen LogP) is 3.00. The number of para-hydroxylation sites is 2. The van der Waals surface area contributed by atoms with E-state index >= 15 is 0 Å². The van der Waals surface area contributed by atoms with Crippen LogP contribution in [0.3, 0.4) is 0 Å². The summed E-state index contributed by atoms with van der Waals surface area (Å²) in [4.78, 5) is 12.1. The normalized spacial score (nSPS) is 11.7. The smallest absolute Gasteiger partial charge is 0.260 e. The monoisotopic (exact) mass is 335 g/mol. The van der Waals surface area contributed by atoms with Gasteiger partial charge < -0.3 is 10.1 Å². The number of amides is 1. The average molecular weight is 335 g/mol. The SMILES string of the molecule is CC(Oc1ccccc1)C(=O)NCCc1cnn(-c2ccccc2)c1. The van der Waals surface area contributed by atoms with Crippen molar-refractivity contribution in [1.29, 1.82) is 0 Å². The Bertz CT molecular complexity index is 800. The van der Waals surface area contributed by atoms with Crippen molar-refractivity contribution in [2.24, 2.45) is 0 Å². The Morgan fingerprint density at radius 1 is 1.12 bits per heavy atom. The molecule has 1 unspecified atom stereocenters. The van der Waals surface area contributed by atoms with Crippen LogP contribution < -0.4 is 10.1 Å². The second-order valence-electron chi connectivity index (χ2n) is 5.74. The fourth-order valence-electron chi connectivity index (χ4n) is 2.44. The number of carbonyl (C=O) groups is 1. The molecule has 25 heavy (non-hydrogen) atoms. The number of hydrogen-bond donors (Lipinski definition) is 1. The highest BCUT2D eigenvalue weighted by Gasteiger charge is 2.14. The van der Waals surface area contributed by atoms with E-state index in [-0.39, 0.29) is 5.91 Å². The molecule has 3 rings (SSSR count). The Hall–Kier alpha value is -3.08. The zero-order valence-electron chi connectivity index (χ0n) is 14.1. The molecule has 5 heteroatoms. The maximum atomic E-state index is 12.1. The molecule has 5 nitrogen and oxygen atoms in total. The molecule has 0 spiro atoms. The van der Waals surface area contributed by atoms with Gasteiger partial charge in [-0.25, -0.2) is 4.68 Å². The van der Waals surface area contributed by atoms with Crippen molar-refractivity contribution >= 4 is 5.91 Å². The molecule has 0 fully saturated rings. The maximum Gasteiger partial charge on any atom is 0.260 e. The number of aromatic nitrogens is 2. The standard InChI is InChI=1S/C20H21N3O2/c1-16(25-19-10-6-3-7-11-19)20(24)21-13-12-17-14-22-23(15-17)18-8-4-2-5-9-18/h2-11,14-16H,12-13H2,1H3,(H,21,24). The Labute approximate surface area is 147 Å². The number of carbonyl (C=O) groups excluding carboxylic acids is 1. The first-order chi connectivity index (χ1) is 12.2. The van der Waals surface area contributed by atoms with Crippen LogP contribution in [0.4, 0.5) is 0 Å². The van der Waals surface area contributed by atoms with E-state index in [0.29, 0.717) is 12.3 Å². The van der Waals surface area contributed by atoms with Crippen molar-refractivity contribution in [2.45, 2.75) is 19.4 Å². The summed E-state index contributed by atoms with van der Waals surface area (Å²) in [5.74, 6) is 0.564. The number of ether oxygens (including phenoxy) is 1. The van der Waals surface area contributed by atoms with Crippen LogP contribution in [0.2, 0.25) is 0 Å². The molecule has 2 aromatic carbocycles. The van der Waals surface area contributed by atoms with Crippen molar-refractivity contribution in [1.82, 2.24) is 15.1 Å². The number of rotatable bonds is 7. The lowest BCUT2D eigenvalue weighted by atomic mass is 10.2. The lowest BCUT2D eigenvalue weighted by molar-refractivity contribution is -0.127. The van der Waals surface area contributed by atoms with Crippen LogP contribution in [-0.4, -0.2) is 28.3 Å². The van der Waals surface area contributed by atoms with Crippen molar-refractivity contribution < 1.29 is 9.53 Å². The van der Waals surface area contributed by atoms with Crippen molar-refractivity contribution in [2.75, 3.05) is 6.54 Å². The second-order valence-corrected chi connectivity index (χ2v) is 5.74. The fourth-order valence-corrected chi connectivity index (χ4v) is 2.44. The lowest BCUT2D eigenvalue weighted by Gasteiger charge is -2.14. The zero-order valence-corrected chi connectivity index (χ0v) is 14.1. The Morgan fingerprint density at radius 2 is 1.80 bits per heavy atom. The molecule has 0 bridgehead atoms. The molecule has 0 saturated carbocycles. The summed E-state index contributed by atoms with van der Waals surface area (Å²) < 4.78 is 7.44. The molecule has 3 aromatic rings. The van der Waals surface area contributed by atoms with E-state index in [2.05, 4.69) is 10.4 Å². The highest BCUT2D eigenvalue weighted by Crippen LogP contribution is 2.11. The van der Waals surface area contributed by atoms with E-state index in [1.54, 1.807) is 6.92 Å². The molecule has 0 radical (unpaired) electrons. The van der Waals surface area contributed by atoms with Crippen LogP contribution in [0.5, 0.6) is 5.75 Å². The minimum absolute atomic E-state index is 0.126. The number of nitrogens with zero attached hydrogens (tertiary/aromatic N) is 2. The van der Waals surface area contributed by atoms with Crippen molar-refractivity contribution in [3.05, 3.63) is 78.6 Å². The Morgan fingerprint density at radius 3 is 2.52 bits per heavy atom. The minimum atomic E-state index is -0.533. The number of hydrogen-bond acceptors (Lipinski definition) is 3. The van der Waals surface area contributed by atoms with Gasteiger partial charge >= 0.3 is 0 Å². The first kappa shape index (κ1) is 16.8. The van der Waals surface area contributed by atoms with Gasteiger partial charge in [0.2, 0.25) is 0 Å². The molecular weight excluding hydrogens is 314 g/mol. The minimum Gasteiger partial charge on any atom is -0.481 e. The summed E-state index contributed by atoms with van der Waals surface area (Å²) in [5.41, 5.74) is 2.09. The summed E-state index contributed by atoms with van der Waals surface area (Å²) >= 11 is 0. The molecule has 1 atom stereocenters. The van der Waals surface area contributed by atoms with Crippen molar-refractivity contribution in [3.8, 4) is 11.4 Å². The van der Waals surface area contributed by atoms with Crippen LogP contribution in [0, 0.1) is 0 Å². The van der Waals surface area contributed by atoms with Crippen molar-refractivity contribution in [3.63, 3.8) is 0 Å². The molecule has 1 N–H and O–H groups in total. The van der Waals surface area contributed by atoms with Crippen LogP contribution in [0.25, 0.3) is 5.69 Å². The van der Waals surface area contributed by atoms with E-state index in [9.17, 15) is 4.79 Å². The molecule has 128 valence electrons. The summed E-state index contributed by atoms with van der Waals surface area (Å²) in [6, 6.07) is 19.3. The summed E-state index contributed by atoms with van der Waals surface area (Å²) in [6.45, 7) is 2.29. The number of nitrogens with one attached hydrogen (secondary N) is 1. The molecule has 0 aliphatic heterocycles. The first-order valence-corrected chi connectivity index (χ1v) is 8.31. The zero-order chi connectivity index (χ0) is 17.5. The fraction of sp³-hybridized carbons (Fsp3) is 0.200. The van der Waals surface area contributed by atoms with E-state index in [1.807, 2.05) is 77.7 Å². The number of benzene rings is 2. The van der Waals surface area contributed by atoms with Gasteiger partial charge in [0.15, 0.2) is 6.10 Å². The first-order valence-electron chi connectivity index (χ1n) is 8.31. The van der Waals surface area contributed by atoms with Gasteiger partial charge in [-0.15, -0.1) is 0 Å². The molecule has 0 aliphatic carbocycles. The summed E-state index contributed by atoms with van der Waals surface area (Å²) in [5, 5.41) is 7.25. The third-order valence-corrected chi connectivity index (χ3v) is 3.79. The largest absolute Gasteiger partial charge is 0.481 e. The van der Waals surface area contributed by atoms with Gasteiger partial charge in [-0.3, -0.25) is 4.79 Å². The summed E-state index contributed by atoms with van der Waals surface area (Å²) in [6.07, 6.45) is 3.99. The van der Waals surface area contributed by atoms with Gasteiger partial charge in [-0.2, -0.15) is 5.10 Å².